The first-order chi connectivity index (χ1) is 12.5. The van der Waals surface area contributed by atoms with Crippen molar-refractivity contribution in [1.82, 2.24) is 5.32 Å². The average Bonchev–Trinajstić information content (AvgIpc) is 2.63. The number of methoxy groups -OCH3 is 1. The summed E-state index contributed by atoms with van der Waals surface area (Å²) < 4.78 is 10.8. The van der Waals surface area contributed by atoms with Gasteiger partial charge in [-0.1, -0.05) is 17.7 Å². The number of anilines is 1. The van der Waals surface area contributed by atoms with E-state index >= 15 is 0 Å². The second-order valence-electron chi connectivity index (χ2n) is 5.44. The minimum atomic E-state index is -0.470. The second kappa shape index (κ2) is 11.5. The lowest BCUT2D eigenvalue weighted by Gasteiger charge is -2.12. The first kappa shape index (κ1) is 22.8. The van der Waals surface area contributed by atoms with Gasteiger partial charge in [0.25, 0.3) is 5.69 Å². The number of hydrogen-bond donors (Lipinski definition) is 2. The summed E-state index contributed by atoms with van der Waals surface area (Å²) in [5, 5.41) is 17.5. The molecule has 2 N–H and O–H groups in total. The van der Waals surface area contributed by atoms with Crippen molar-refractivity contribution in [2.75, 3.05) is 32.1 Å². The van der Waals surface area contributed by atoms with Gasteiger partial charge in [0.2, 0.25) is 0 Å². The second-order valence-corrected chi connectivity index (χ2v) is 5.85. The topological polar surface area (TPSA) is 85.7 Å². The molecule has 7 nitrogen and oxygen atoms in total. The maximum absolute atomic E-state index is 10.7. The summed E-state index contributed by atoms with van der Waals surface area (Å²) in [5.74, 6) is 1.44. The molecule has 2 aromatic rings. The van der Waals surface area contributed by atoms with Gasteiger partial charge < -0.3 is 20.1 Å². The van der Waals surface area contributed by atoms with Gasteiger partial charge in [0.05, 0.1) is 29.4 Å². The van der Waals surface area contributed by atoms with Crippen molar-refractivity contribution in [3.05, 3.63) is 57.1 Å². The Balaban J connectivity index is 0.00000364. The fourth-order valence-electron chi connectivity index (χ4n) is 2.38. The maximum atomic E-state index is 10.7. The molecule has 27 heavy (non-hydrogen) atoms. The Morgan fingerprint density at radius 3 is 2.56 bits per heavy atom. The van der Waals surface area contributed by atoms with Crippen molar-refractivity contribution < 1.29 is 14.4 Å². The molecule has 0 unspecified atom stereocenters. The third-order valence-corrected chi connectivity index (χ3v) is 3.95. The standard InChI is InChI=1S/C18H22ClN3O4.ClH/c1-3-26-18-10-13(4-7-17(18)25-2)12-20-8-9-21-16-6-5-14(22(23)24)11-15(16)19;/h4-7,10-11,20-21H,3,8-9,12H2,1-2H3;1H. The molecule has 0 aliphatic carbocycles. The van der Waals surface area contributed by atoms with Crippen LogP contribution in [0, 0.1) is 10.1 Å². The molecule has 0 aliphatic heterocycles. The summed E-state index contributed by atoms with van der Waals surface area (Å²) >= 11 is 6.04. The SMILES string of the molecule is CCOc1cc(CNCCNc2ccc([N+](=O)[O-])cc2Cl)ccc1OC.Cl. The normalized spacial score (nSPS) is 10.0. The van der Waals surface area contributed by atoms with Crippen molar-refractivity contribution in [2.45, 2.75) is 13.5 Å². The van der Waals surface area contributed by atoms with Crippen molar-refractivity contribution >= 4 is 35.4 Å². The molecule has 0 spiro atoms. The van der Waals surface area contributed by atoms with Crippen molar-refractivity contribution in [2.24, 2.45) is 0 Å². The zero-order valence-electron chi connectivity index (χ0n) is 15.2. The highest BCUT2D eigenvalue weighted by atomic mass is 35.5. The van der Waals surface area contributed by atoms with Crippen LogP contribution in [0.5, 0.6) is 11.5 Å². The van der Waals surface area contributed by atoms with Gasteiger partial charge in [0, 0.05) is 31.8 Å². The predicted molar refractivity (Wildman–Crippen MR) is 110 cm³/mol. The third kappa shape index (κ3) is 6.78. The van der Waals surface area contributed by atoms with Crippen LogP contribution in [0.3, 0.4) is 0 Å². The molecule has 0 saturated heterocycles. The van der Waals surface area contributed by atoms with Crippen LogP contribution in [-0.4, -0.2) is 31.7 Å². The molecule has 0 aromatic heterocycles. The van der Waals surface area contributed by atoms with Gasteiger partial charge in [-0.15, -0.1) is 12.4 Å². The fraction of sp³-hybridized carbons (Fsp3) is 0.333. The van der Waals surface area contributed by atoms with Gasteiger partial charge in [0.15, 0.2) is 11.5 Å². The molecule has 0 amide bonds. The number of rotatable bonds is 10. The van der Waals surface area contributed by atoms with Gasteiger partial charge in [-0.25, -0.2) is 0 Å². The van der Waals surface area contributed by atoms with E-state index in [-0.39, 0.29) is 18.1 Å². The van der Waals surface area contributed by atoms with Gasteiger partial charge >= 0.3 is 0 Å². The summed E-state index contributed by atoms with van der Waals surface area (Å²) in [6, 6.07) is 10.2. The minimum Gasteiger partial charge on any atom is -0.493 e. The van der Waals surface area contributed by atoms with Gasteiger partial charge in [-0.05, 0) is 30.7 Å². The molecular weight excluding hydrogens is 393 g/mol. The number of benzene rings is 2. The monoisotopic (exact) mass is 415 g/mol. The summed E-state index contributed by atoms with van der Waals surface area (Å²) in [6.45, 7) is 4.52. The summed E-state index contributed by atoms with van der Waals surface area (Å²) in [5.41, 5.74) is 1.73. The number of non-ortho nitro benzene ring substituents is 1. The van der Waals surface area contributed by atoms with Crippen LogP contribution in [0.2, 0.25) is 5.02 Å². The Labute approximate surface area is 169 Å². The van der Waals surface area contributed by atoms with E-state index in [2.05, 4.69) is 10.6 Å². The third-order valence-electron chi connectivity index (χ3n) is 3.64. The molecule has 9 heteroatoms. The lowest BCUT2D eigenvalue weighted by Crippen LogP contribution is -2.21. The first-order valence-corrected chi connectivity index (χ1v) is 8.61. The average molecular weight is 416 g/mol. The first-order valence-electron chi connectivity index (χ1n) is 8.23. The molecule has 2 aromatic carbocycles. The van der Waals surface area contributed by atoms with Crippen LogP contribution in [0.4, 0.5) is 11.4 Å². The molecule has 0 bridgehead atoms. The molecule has 0 radical (unpaired) electrons. The van der Waals surface area contributed by atoms with Crippen molar-refractivity contribution in [1.29, 1.82) is 0 Å². The summed E-state index contributed by atoms with van der Waals surface area (Å²) in [7, 11) is 1.62. The van der Waals surface area contributed by atoms with Crippen molar-refractivity contribution in [3.63, 3.8) is 0 Å². The lowest BCUT2D eigenvalue weighted by atomic mass is 10.2. The van der Waals surface area contributed by atoms with E-state index in [1.54, 1.807) is 13.2 Å². The number of halogens is 2. The van der Waals surface area contributed by atoms with Gasteiger partial charge in [-0.3, -0.25) is 10.1 Å². The summed E-state index contributed by atoms with van der Waals surface area (Å²) in [4.78, 5) is 10.2. The number of nitro benzene ring substituents is 1. The van der Waals surface area contributed by atoms with E-state index in [0.29, 0.717) is 42.7 Å². The number of nitrogens with one attached hydrogen (secondary N) is 2. The van der Waals surface area contributed by atoms with Gasteiger partial charge in [-0.2, -0.15) is 0 Å². The Morgan fingerprint density at radius 1 is 1.15 bits per heavy atom. The van der Waals surface area contributed by atoms with Crippen LogP contribution in [0.1, 0.15) is 12.5 Å². The van der Waals surface area contributed by atoms with Crippen LogP contribution in [-0.2, 0) is 6.54 Å². The molecule has 0 saturated carbocycles. The van der Waals surface area contributed by atoms with E-state index in [1.807, 2.05) is 25.1 Å². The molecular formula is C18H23Cl2N3O4. The molecule has 0 atom stereocenters. The predicted octanol–water partition coefficient (Wildman–Crippen LogP) is 4.28. The number of nitro groups is 1. The Bertz CT molecular complexity index is 759. The molecule has 0 heterocycles. The molecule has 148 valence electrons. The van der Waals surface area contributed by atoms with Crippen molar-refractivity contribution in [3.8, 4) is 11.5 Å². The van der Waals surface area contributed by atoms with Crippen LogP contribution >= 0.6 is 24.0 Å². The highest BCUT2D eigenvalue weighted by Crippen LogP contribution is 2.28. The quantitative estimate of drug-likeness (QED) is 0.342. The lowest BCUT2D eigenvalue weighted by molar-refractivity contribution is -0.384. The van der Waals surface area contributed by atoms with E-state index in [4.69, 9.17) is 21.1 Å². The van der Waals surface area contributed by atoms with E-state index < -0.39 is 4.92 Å². The molecule has 0 aliphatic rings. The largest absolute Gasteiger partial charge is 0.493 e. The minimum absolute atomic E-state index is 0. The van der Waals surface area contributed by atoms with E-state index in [9.17, 15) is 10.1 Å². The number of ether oxygens (including phenoxy) is 2. The highest BCUT2D eigenvalue weighted by Gasteiger charge is 2.09. The maximum Gasteiger partial charge on any atom is 0.271 e. The molecule has 2 rings (SSSR count). The van der Waals surface area contributed by atoms with Crippen LogP contribution in [0.15, 0.2) is 36.4 Å². The zero-order valence-corrected chi connectivity index (χ0v) is 16.7. The highest BCUT2D eigenvalue weighted by molar-refractivity contribution is 6.33. The number of nitrogens with zero attached hydrogens (tertiary/aromatic N) is 1. The number of hydrogen-bond acceptors (Lipinski definition) is 6. The van der Waals surface area contributed by atoms with E-state index in [0.717, 1.165) is 11.3 Å². The van der Waals surface area contributed by atoms with Crippen LogP contribution in [0.25, 0.3) is 0 Å². The van der Waals surface area contributed by atoms with E-state index in [1.165, 1.54) is 12.1 Å². The fourth-order valence-corrected chi connectivity index (χ4v) is 2.62. The zero-order chi connectivity index (χ0) is 18.9. The van der Waals surface area contributed by atoms with Crippen LogP contribution < -0.4 is 20.1 Å². The van der Waals surface area contributed by atoms with Gasteiger partial charge in [0.1, 0.15) is 0 Å². The summed E-state index contributed by atoms with van der Waals surface area (Å²) in [6.07, 6.45) is 0. The molecule has 0 fully saturated rings. The smallest absolute Gasteiger partial charge is 0.271 e. The Kier molecular flexibility index (Phi) is 9.71. The Hall–Kier alpha value is -2.22. The Morgan fingerprint density at radius 2 is 1.93 bits per heavy atom.